The third kappa shape index (κ3) is 3.25. The summed E-state index contributed by atoms with van der Waals surface area (Å²) in [7, 11) is 1.37. The Hall–Kier alpha value is -3.17. The number of ether oxygens (including phenoxy) is 2. The molecule has 156 valence electrons. The first-order chi connectivity index (χ1) is 14.5. The molecule has 0 radical (unpaired) electrons. The van der Waals surface area contributed by atoms with Gasteiger partial charge in [0.05, 0.1) is 30.8 Å². The number of benzene rings is 1. The second-order valence-electron chi connectivity index (χ2n) is 6.79. The van der Waals surface area contributed by atoms with Gasteiger partial charge in [0.15, 0.2) is 23.4 Å². The Morgan fingerprint density at radius 3 is 2.70 bits per heavy atom. The van der Waals surface area contributed by atoms with Crippen molar-refractivity contribution in [2.75, 3.05) is 33.4 Å². The van der Waals surface area contributed by atoms with E-state index >= 15 is 0 Å². The summed E-state index contributed by atoms with van der Waals surface area (Å²) in [6, 6.07) is 4.92. The second-order valence-corrected chi connectivity index (χ2v) is 7.88. The lowest BCUT2D eigenvalue weighted by Gasteiger charge is -2.26. The van der Waals surface area contributed by atoms with E-state index in [-0.39, 0.29) is 28.6 Å². The largest absolute Gasteiger partial charge is 0.504 e. The molecule has 1 N–H and O–H groups in total. The van der Waals surface area contributed by atoms with Gasteiger partial charge in [0, 0.05) is 23.4 Å². The van der Waals surface area contributed by atoms with Gasteiger partial charge in [-0.25, -0.2) is 4.79 Å². The zero-order valence-electron chi connectivity index (χ0n) is 16.4. The van der Waals surface area contributed by atoms with Crippen molar-refractivity contribution in [3.8, 4) is 21.9 Å². The number of carbonyl (C=O) groups is 2. The van der Waals surface area contributed by atoms with Crippen LogP contribution in [0.3, 0.4) is 0 Å². The van der Waals surface area contributed by atoms with Crippen LogP contribution in [-0.4, -0.2) is 55.6 Å². The molecule has 0 bridgehead atoms. The molecule has 0 saturated carbocycles. The summed E-state index contributed by atoms with van der Waals surface area (Å²) in [4.78, 5) is 39.8. The zero-order chi connectivity index (χ0) is 21.4. The van der Waals surface area contributed by atoms with Crippen LogP contribution in [0.2, 0.25) is 0 Å². The molecule has 3 aromatic rings. The fourth-order valence-corrected chi connectivity index (χ4v) is 4.59. The van der Waals surface area contributed by atoms with Crippen molar-refractivity contribution in [3.63, 3.8) is 0 Å². The van der Waals surface area contributed by atoms with Crippen LogP contribution in [0.15, 0.2) is 27.4 Å². The Kier molecular flexibility index (Phi) is 5.31. The molecular formula is C21H19NO7S. The number of thiophene rings is 1. The minimum atomic E-state index is -0.653. The molecule has 0 spiro atoms. The number of phenols is 1. The molecule has 4 rings (SSSR count). The number of phenolic OH excluding ortho intramolecular Hbond substituents is 1. The number of morpholine rings is 1. The van der Waals surface area contributed by atoms with Gasteiger partial charge >= 0.3 is 5.63 Å². The maximum Gasteiger partial charge on any atom is 0.345 e. The number of aldehydes is 1. The number of carbonyl (C=O) groups excluding carboxylic acids is 2. The van der Waals surface area contributed by atoms with Crippen LogP contribution >= 0.6 is 11.3 Å². The number of fused-ring (bicyclic) bond motifs is 1. The molecule has 30 heavy (non-hydrogen) atoms. The third-order valence-electron chi connectivity index (χ3n) is 5.13. The zero-order valence-corrected chi connectivity index (χ0v) is 17.2. The van der Waals surface area contributed by atoms with Gasteiger partial charge in [-0.05, 0) is 30.7 Å². The van der Waals surface area contributed by atoms with Gasteiger partial charge in [-0.3, -0.25) is 9.59 Å². The summed E-state index contributed by atoms with van der Waals surface area (Å²) in [6.45, 7) is 3.79. The van der Waals surface area contributed by atoms with Gasteiger partial charge in [0.1, 0.15) is 5.56 Å². The first-order valence-corrected chi connectivity index (χ1v) is 10.1. The summed E-state index contributed by atoms with van der Waals surface area (Å²) >= 11 is 1.21. The first-order valence-electron chi connectivity index (χ1n) is 9.26. The maximum absolute atomic E-state index is 12.8. The second kappa shape index (κ2) is 7.92. The van der Waals surface area contributed by atoms with E-state index in [4.69, 9.17) is 13.9 Å². The summed E-state index contributed by atoms with van der Waals surface area (Å²) in [6.07, 6.45) is 0.423. The van der Waals surface area contributed by atoms with Gasteiger partial charge in [0.2, 0.25) is 0 Å². The van der Waals surface area contributed by atoms with E-state index in [1.54, 1.807) is 24.0 Å². The minimum absolute atomic E-state index is 0.00396. The number of aromatic hydroxyl groups is 1. The number of amides is 1. The Morgan fingerprint density at radius 2 is 2.03 bits per heavy atom. The highest BCUT2D eigenvalue weighted by molar-refractivity contribution is 7.17. The highest BCUT2D eigenvalue weighted by Crippen LogP contribution is 2.39. The Balaban J connectivity index is 1.83. The predicted octanol–water partition coefficient (Wildman–Crippen LogP) is 2.83. The highest BCUT2D eigenvalue weighted by atomic mass is 32.1. The van der Waals surface area contributed by atoms with Gasteiger partial charge < -0.3 is 23.9 Å². The van der Waals surface area contributed by atoms with Crippen LogP contribution in [0.1, 0.15) is 25.6 Å². The third-order valence-corrected chi connectivity index (χ3v) is 6.22. The van der Waals surface area contributed by atoms with Crippen molar-refractivity contribution in [2.45, 2.75) is 6.92 Å². The maximum atomic E-state index is 12.8. The number of nitrogens with zero attached hydrogens (tertiary/aromatic N) is 1. The van der Waals surface area contributed by atoms with Crippen LogP contribution < -0.4 is 10.4 Å². The Bertz CT molecular complexity index is 1200. The summed E-state index contributed by atoms with van der Waals surface area (Å²) in [5.41, 5.74) is 0.0639. The number of hydrogen-bond donors (Lipinski definition) is 1. The molecule has 1 amide bonds. The molecule has 0 atom stereocenters. The number of aryl methyl sites for hydroxylation is 1. The first kappa shape index (κ1) is 20.1. The lowest BCUT2D eigenvalue weighted by atomic mass is 10.0. The van der Waals surface area contributed by atoms with Gasteiger partial charge in [-0.1, -0.05) is 0 Å². The van der Waals surface area contributed by atoms with Crippen LogP contribution in [-0.2, 0) is 4.74 Å². The number of rotatable bonds is 4. The number of methoxy groups -OCH3 is 1. The molecule has 2 aromatic heterocycles. The van der Waals surface area contributed by atoms with Crippen LogP contribution in [0.5, 0.6) is 11.5 Å². The van der Waals surface area contributed by atoms with Crippen molar-refractivity contribution in [2.24, 2.45) is 0 Å². The fourth-order valence-electron chi connectivity index (χ4n) is 3.53. The molecule has 1 aliphatic heterocycles. The molecule has 1 fully saturated rings. The van der Waals surface area contributed by atoms with Crippen LogP contribution in [0.4, 0.5) is 0 Å². The Labute approximate surface area is 175 Å². The smallest absolute Gasteiger partial charge is 0.345 e. The minimum Gasteiger partial charge on any atom is -0.504 e. The van der Waals surface area contributed by atoms with Gasteiger partial charge in [0.25, 0.3) is 5.91 Å². The normalized spacial score (nSPS) is 14.1. The average Bonchev–Trinajstić information content (AvgIpc) is 3.23. The van der Waals surface area contributed by atoms with Crippen molar-refractivity contribution in [3.05, 3.63) is 44.6 Å². The van der Waals surface area contributed by atoms with Gasteiger partial charge in [-0.2, -0.15) is 0 Å². The standard InChI is InChI=1S/C21H19NO7S/c1-11-12-9-14(27-2)18(24)13(10-23)19(12)29-21(26)17(11)15-3-4-16(30-15)20(25)22-5-7-28-8-6-22/h3-4,9-10,24H,5-8H2,1-2H3. The molecular weight excluding hydrogens is 410 g/mol. The average molecular weight is 429 g/mol. The summed E-state index contributed by atoms with van der Waals surface area (Å²) in [5.74, 6) is -0.390. The van der Waals surface area contributed by atoms with Crippen LogP contribution in [0, 0.1) is 6.92 Å². The van der Waals surface area contributed by atoms with Crippen molar-refractivity contribution in [1.29, 1.82) is 0 Å². The van der Waals surface area contributed by atoms with Crippen molar-refractivity contribution >= 4 is 34.5 Å². The highest BCUT2D eigenvalue weighted by Gasteiger charge is 2.24. The monoisotopic (exact) mass is 429 g/mol. The lowest BCUT2D eigenvalue weighted by molar-refractivity contribution is 0.0306. The summed E-state index contributed by atoms with van der Waals surface area (Å²) in [5, 5.41) is 10.6. The van der Waals surface area contributed by atoms with Crippen LogP contribution in [0.25, 0.3) is 21.4 Å². The van der Waals surface area contributed by atoms with E-state index in [2.05, 4.69) is 0 Å². The Morgan fingerprint density at radius 1 is 1.30 bits per heavy atom. The van der Waals surface area contributed by atoms with E-state index < -0.39 is 5.63 Å². The molecule has 9 heteroatoms. The number of hydrogen-bond acceptors (Lipinski definition) is 8. The summed E-state index contributed by atoms with van der Waals surface area (Å²) < 4.78 is 15.8. The van der Waals surface area contributed by atoms with E-state index in [9.17, 15) is 19.5 Å². The van der Waals surface area contributed by atoms with Gasteiger partial charge in [-0.15, -0.1) is 11.3 Å². The topological polar surface area (TPSA) is 106 Å². The van der Waals surface area contributed by atoms with Crippen molar-refractivity contribution in [1.82, 2.24) is 4.90 Å². The van der Waals surface area contributed by atoms with E-state index in [1.807, 2.05) is 0 Å². The predicted molar refractivity (Wildman–Crippen MR) is 111 cm³/mol. The van der Waals surface area contributed by atoms with E-state index in [0.29, 0.717) is 58.9 Å². The lowest BCUT2D eigenvalue weighted by Crippen LogP contribution is -2.40. The molecule has 0 unspecified atom stereocenters. The molecule has 8 nitrogen and oxygen atoms in total. The molecule has 1 aromatic carbocycles. The fraction of sp³-hybridized carbons (Fsp3) is 0.286. The quantitative estimate of drug-likeness (QED) is 0.502. The van der Waals surface area contributed by atoms with Crippen molar-refractivity contribution < 1.29 is 28.6 Å². The molecule has 1 aliphatic rings. The SMILES string of the molecule is COc1cc2c(C)c(-c3ccc(C(=O)N4CCOCC4)s3)c(=O)oc2c(C=O)c1O. The molecule has 1 saturated heterocycles. The molecule has 0 aliphatic carbocycles. The van der Waals surface area contributed by atoms with E-state index in [0.717, 1.165) is 0 Å². The van der Waals surface area contributed by atoms with E-state index in [1.165, 1.54) is 24.5 Å². The molecule has 3 heterocycles.